The molecule has 2 aromatic heterocycles. The van der Waals surface area contributed by atoms with E-state index in [9.17, 15) is 4.39 Å². The SMILES string of the molecule is Nc1nc(Cl)nc2c1ncn2[C@H]1C[C@H](F)[C@@H](CO)S1. The largest absolute Gasteiger partial charge is 0.395 e. The highest BCUT2D eigenvalue weighted by Gasteiger charge is 2.36. The average molecular weight is 304 g/mol. The summed E-state index contributed by atoms with van der Waals surface area (Å²) in [5, 5.41) is 8.54. The quantitative estimate of drug-likeness (QED) is 0.815. The smallest absolute Gasteiger partial charge is 0.226 e. The van der Waals surface area contributed by atoms with Crippen LogP contribution in [0.4, 0.5) is 10.2 Å². The van der Waals surface area contributed by atoms with E-state index in [1.165, 1.54) is 11.8 Å². The van der Waals surface area contributed by atoms with Gasteiger partial charge in [-0.2, -0.15) is 9.97 Å². The molecule has 1 aliphatic heterocycles. The molecule has 19 heavy (non-hydrogen) atoms. The lowest BCUT2D eigenvalue weighted by Crippen LogP contribution is -2.15. The number of aromatic nitrogens is 4. The van der Waals surface area contributed by atoms with Crippen molar-refractivity contribution in [2.45, 2.75) is 23.2 Å². The molecule has 0 bridgehead atoms. The van der Waals surface area contributed by atoms with E-state index in [0.29, 0.717) is 17.6 Å². The number of aliphatic hydroxyl groups is 1. The molecule has 0 aliphatic carbocycles. The van der Waals surface area contributed by atoms with Crippen molar-refractivity contribution in [2.75, 3.05) is 12.3 Å². The number of anilines is 1. The third kappa shape index (κ3) is 2.13. The van der Waals surface area contributed by atoms with Crippen LogP contribution < -0.4 is 5.73 Å². The number of thioether (sulfide) groups is 1. The lowest BCUT2D eigenvalue weighted by Gasteiger charge is -2.11. The maximum atomic E-state index is 13.7. The summed E-state index contributed by atoms with van der Waals surface area (Å²) in [6, 6.07) is 0. The van der Waals surface area contributed by atoms with Crippen LogP contribution >= 0.6 is 23.4 Å². The predicted octanol–water partition coefficient (Wildman–Crippen LogP) is 1.40. The zero-order valence-corrected chi connectivity index (χ0v) is 11.3. The number of nitrogen functional groups attached to an aromatic ring is 1. The summed E-state index contributed by atoms with van der Waals surface area (Å²) < 4.78 is 15.4. The van der Waals surface area contributed by atoms with Crippen LogP contribution in [0.15, 0.2) is 6.33 Å². The minimum atomic E-state index is -1.05. The second kappa shape index (κ2) is 4.77. The first-order valence-corrected chi connectivity index (χ1v) is 6.98. The van der Waals surface area contributed by atoms with Gasteiger partial charge in [-0.3, -0.25) is 0 Å². The first kappa shape index (κ1) is 12.9. The summed E-state index contributed by atoms with van der Waals surface area (Å²) in [6.45, 7) is -0.188. The van der Waals surface area contributed by atoms with E-state index in [1.54, 1.807) is 10.9 Å². The van der Waals surface area contributed by atoms with Crippen LogP contribution in [0.25, 0.3) is 11.2 Å². The third-order valence-corrected chi connectivity index (χ3v) is 4.77. The van der Waals surface area contributed by atoms with Gasteiger partial charge in [0, 0.05) is 6.42 Å². The van der Waals surface area contributed by atoms with Crippen molar-refractivity contribution in [3.8, 4) is 0 Å². The van der Waals surface area contributed by atoms with Gasteiger partial charge in [0.1, 0.15) is 11.7 Å². The Hall–Kier alpha value is -1.12. The Labute approximate surface area is 117 Å². The lowest BCUT2D eigenvalue weighted by molar-refractivity contribution is 0.227. The molecule has 1 aliphatic rings. The monoisotopic (exact) mass is 303 g/mol. The molecular weight excluding hydrogens is 293 g/mol. The summed E-state index contributed by atoms with van der Waals surface area (Å²) >= 11 is 7.14. The van der Waals surface area contributed by atoms with Crippen LogP contribution in [-0.4, -0.2) is 42.7 Å². The molecule has 3 rings (SSSR count). The summed E-state index contributed by atoms with van der Waals surface area (Å²) in [4.78, 5) is 12.1. The van der Waals surface area contributed by atoms with E-state index in [2.05, 4.69) is 15.0 Å². The Morgan fingerprint density at radius 2 is 2.37 bits per heavy atom. The predicted molar refractivity (Wildman–Crippen MR) is 71.8 cm³/mol. The second-order valence-corrected chi connectivity index (χ2v) is 6.03. The van der Waals surface area contributed by atoms with Crippen LogP contribution in [0, 0.1) is 0 Å². The van der Waals surface area contributed by atoms with Crippen molar-refractivity contribution in [1.29, 1.82) is 0 Å². The van der Waals surface area contributed by atoms with Crippen LogP contribution in [-0.2, 0) is 0 Å². The van der Waals surface area contributed by atoms with Crippen LogP contribution in [0.5, 0.6) is 0 Å². The van der Waals surface area contributed by atoms with Gasteiger partial charge in [0.2, 0.25) is 5.28 Å². The molecular formula is C10H11ClFN5OS. The van der Waals surface area contributed by atoms with Gasteiger partial charge in [-0.05, 0) is 11.6 Å². The summed E-state index contributed by atoms with van der Waals surface area (Å²) in [7, 11) is 0. The summed E-state index contributed by atoms with van der Waals surface area (Å²) in [5.74, 6) is 0.201. The second-order valence-electron chi connectivity index (χ2n) is 4.27. The molecule has 102 valence electrons. The van der Waals surface area contributed by atoms with E-state index in [0.717, 1.165) is 0 Å². The van der Waals surface area contributed by atoms with Crippen molar-refractivity contribution in [1.82, 2.24) is 19.5 Å². The number of hydrogen-bond donors (Lipinski definition) is 2. The van der Waals surface area contributed by atoms with Gasteiger partial charge in [0.15, 0.2) is 11.5 Å². The minimum Gasteiger partial charge on any atom is -0.395 e. The number of halogens is 2. The zero-order chi connectivity index (χ0) is 13.6. The molecule has 0 aromatic carbocycles. The van der Waals surface area contributed by atoms with Gasteiger partial charge in [0.25, 0.3) is 0 Å². The van der Waals surface area contributed by atoms with Crippen molar-refractivity contribution >= 4 is 40.3 Å². The third-order valence-electron chi connectivity index (χ3n) is 3.07. The fraction of sp³-hybridized carbons (Fsp3) is 0.500. The molecule has 3 N–H and O–H groups in total. The summed E-state index contributed by atoms with van der Waals surface area (Å²) in [6.07, 6.45) is 0.797. The molecule has 0 radical (unpaired) electrons. The van der Waals surface area contributed by atoms with Gasteiger partial charge in [-0.1, -0.05) is 0 Å². The van der Waals surface area contributed by atoms with Crippen molar-refractivity contribution in [2.24, 2.45) is 0 Å². The highest BCUT2D eigenvalue weighted by molar-refractivity contribution is 8.00. The van der Waals surface area contributed by atoms with Crippen molar-refractivity contribution in [3.63, 3.8) is 0 Å². The lowest BCUT2D eigenvalue weighted by atomic mass is 10.2. The number of aliphatic hydroxyl groups excluding tert-OH is 1. The molecule has 1 fully saturated rings. The molecule has 0 saturated carbocycles. The van der Waals surface area contributed by atoms with Crippen LogP contribution in [0.3, 0.4) is 0 Å². The highest BCUT2D eigenvalue weighted by atomic mass is 35.5. The fourth-order valence-electron chi connectivity index (χ4n) is 2.15. The van der Waals surface area contributed by atoms with E-state index in [1.807, 2.05) is 0 Å². The molecule has 2 aromatic rings. The molecule has 0 spiro atoms. The Balaban J connectivity index is 2.02. The topological polar surface area (TPSA) is 89.9 Å². The van der Waals surface area contributed by atoms with E-state index < -0.39 is 11.4 Å². The molecule has 3 atom stereocenters. The zero-order valence-electron chi connectivity index (χ0n) is 9.70. The van der Waals surface area contributed by atoms with Gasteiger partial charge >= 0.3 is 0 Å². The van der Waals surface area contributed by atoms with Crippen molar-refractivity contribution in [3.05, 3.63) is 11.6 Å². The maximum Gasteiger partial charge on any atom is 0.226 e. The molecule has 9 heteroatoms. The highest BCUT2D eigenvalue weighted by Crippen LogP contribution is 2.44. The minimum absolute atomic E-state index is 0.0326. The molecule has 3 heterocycles. The number of fused-ring (bicyclic) bond motifs is 1. The average Bonchev–Trinajstić information content (AvgIpc) is 2.92. The molecule has 0 amide bonds. The maximum absolute atomic E-state index is 13.7. The van der Waals surface area contributed by atoms with E-state index in [4.69, 9.17) is 22.4 Å². The molecule has 1 saturated heterocycles. The number of imidazole rings is 1. The fourth-order valence-corrected chi connectivity index (χ4v) is 3.67. The summed E-state index contributed by atoms with van der Waals surface area (Å²) in [5.41, 5.74) is 6.66. The first-order valence-electron chi connectivity index (χ1n) is 5.66. The number of alkyl halides is 1. The van der Waals surface area contributed by atoms with Crippen molar-refractivity contribution < 1.29 is 9.50 Å². The van der Waals surface area contributed by atoms with Crippen LogP contribution in [0.1, 0.15) is 11.8 Å². The van der Waals surface area contributed by atoms with Gasteiger partial charge in [-0.25, -0.2) is 9.37 Å². The Morgan fingerprint density at radius 3 is 3.05 bits per heavy atom. The normalized spacial score (nSPS) is 27.2. The standard InChI is InChI=1S/C10H11ClFN5OS/c11-10-15-8(13)7-9(16-10)17(3-14-7)6-1-4(12)5(2-18)19-6/h3-6,18H,1-2H2,(H2,13,15,16)/t4-,5+,6+/m0/s1. The Kier molecular flexibility index (Phi) is 3.23. The number of hydrogen-bond acceptors (Lipinski definition) is 6. The Morgan fingerprint density at radius 1 is 1.58 bits per heavy atom. The van der Waals surface area contributed by atoms with E-state index in [-0.39, 0.29) is 23.1 Å². The van der Waals surface area contributed by atoms with Gasteiger partial charge in [0.05, 0.1) is 23.6 Å². The van der Waals surface area contributed by atoms with Gasteiger partial charge < -0.3 is 15.4 Å². The first-order chi connectivity index (χ1) is 9.10. The number of nitrogens with zero attached hydrogens (tertiary/aromatic N) is 4. The number of rotatable bonds is 2. The molecule has 0 unspecified atom stereocenters. The van der Waals surface area contributed by atoms with Crippen LogP contribution in [0.2, 0.25) is 5.28 Å². The number of nitrogens with two attached hydrogens (primary N) is 1. The molecule has 6 nitrogen and oxygen atoms in total. The Bertz CT molecular complexity index is 623. The van der Waals surface area contributed by atoms with Gasteiger partial charge in [-0.15, -0.1) is 11.8 Å². The van der Waals surface area contributed by atoms with E-state index >= 15 is 0 Å².